The minimum absolute atomic E-state index is 0.0591. The lowest BCUT2D eigenvalue weighted by Gasteiger charge is -2.03. The third-order valence-corrected chi connectivity index (χ3v) is 1.32. The zero-order valence-corrected chi connectivity index (χ0v) is 7.18. The van der Waals surface area contributed by atoms with Crippen LogP contribution >= 0.6 is 0 Å². The molecule has 0 atom stereocenters. The number of hydrogen-bond donors (Lipinski definition) is 0. The molecule has 0 N–H and O–H groups in total. The minimum Gasteiger partial charge on any atom is -0.499 e. The molecule has 0 aliphatic heterocycles. The summed E-state index contributed by atoms with van der Waals surface area (Å²) in [4.78, 5) is 14.3. The number of rotatable bonds is 4. The number of ketones is 1. The van der Waals surface area contributed by atoms with Gasteiger partial charge in [0, 0.05) is 0 Å². The molecule has 0 spiro atoms. The number of methoxy groups -OCH3 is 1. The Balaban J connectivity index is 4.38. The second-order valence-corrected chi connectivity index (χ2v) is 2.24. The summed E-state index contributed by atoms with van der Waals surface area (Å²) in [5.74, 6) is 0.707. The number of allylic oxidation sites excluding steroid dienone is 2. The highest BCUT2D eigenvalue weighted by Crippen LogP contribution is 2.10. The fraction of sp³-hybridized carbons (Fsp3) is 0.500. The topological polar surface area (TPSA) is 38.7 Å². The first-order valence-electron chi connectivity index (χ1n) is 3.31. The van der Waals surface area contributed by atoms with Crippen LogP contribution in [-0.4, -0.2) is 19.6 Å². The molecule has 0 saturated carbocycles. The fourth-order valence-corrected chi connectivity index (χ4v) is 0.645. The van der Waals surface area contributed by atoms with Gasteiger partial charge in [0.1, 0.15) is 11.5 Å². The van der Waals surface area contributed by atoms with Gasteiger partial charge < -0.3 is 4.74 Å². The van der Waals surface area contributed by atoms with Crippen molar-refractivity contribution >= 4 is 12.5 Å². The van der Waals surface area contributed by atoms with E-state index in [2.05, 4.69) is 11.7 Å². The van der Waals surface area contributed by atoms with Gasteiger partial charge in [-0.05, 0) is 20.6 Å². The van der Waals surface area contributed by atoms with Crippen molar-refractivity contribution in [1.82, 2.24) is 0 Å². The average molecular weight is 155 g/mol. The van der Waals surface area contributed by atoms with Gasteiger partial charge in [0.05, 0.1) is 19.2 Å². The standard InChI is InChI=1S/C8H13NO2/c1-6(10)5-8(9-3)7(2)11-4/h3,5H2,1-2,4H3/b8-7-. The van der Waals surface area contributed by atoms with E-state index in [9.17, 15) is 4.79 Å². The van der Waals surface area contributed by atoms with Crippen molar-refractivity contribution in [1.29, 1.82) is 0 Å². The Morgan fingerprint density at radius 3 is 2.36 bits per heavy atom. The largest absolute Gasteiger partial charge is 0.499 e. The van der Waals surface area contributed by atoms with E-state index >= 15 is 0 Å². The van der Waals surface area contributed by atoms with E-state index < -0.39 is 0 Å². The van der Waals surface area contributed by atoms with Gasteiger partial charge in [-0.1, -0.05) is 0 Å². The highest BCUT2D eigenvalue weighted by Gasteiger charge is 2.02. The molecule has 0 bridgehead atoms. The normalized spacial score (nSPS) is 11.9. The molecule has 3 nitrogen and oxygen atoms in total. The predicted octanol–water partition coefficient (Wildman–Crippen LogP) is 1.54. The molecule has 0 fully saturated rings. The van der Waals surface area contributed by atoms with Crippen molar-refractivity contribution in [2.75, 3.05) is 7.11 Å². The highest BCUT2D eigenvalue weighted by atomic mass is 16.5. The summed E-state index contributed by atoms with van der Waals surface area (Å²) < 4.78 is 4.90. The van der Waals surface area contributed by atoms with Crippen molar-refractivity contribution in [2.24, 2.45) is 4.99 Å². The summed E-state index contributed by atoms with van der Waals surface area (Å²) in [5, 5.41) is 0. The number of Topliss-reactive ketones (excluding diaryl/α,β-unsaturated/α-hetero) is 1. The molecule has 3 heteroatoms. The van der Waals surface area contributed by atoms with Crippen LogP contribution in [0.3, 0.4) is 0 Å². The molecule has 62 valence electrons. The van der Waals surface area contributed by atoms with E-state index in [1.54, 1.807) is 14.0 Å². The maximum Gasteiger partial charge on any atom is 0.135 e. The minimum atomic E-state index is 0.0591. The van der Waals surface area contributed by atoms with Crippen LogP contribution in [-0.2, 0) is 9.53 Å². The molecule has 0 unspecified atom stereocenters. The lowest BCUT2D eigenvalue weighted by atomic mass is 10.2. The van der Waals surface area contributed by atoms with E-state index in [-0.39, 0.29) is 5.78 Å². The zero-order valence-electron chi connectivity index (χ0n) is 7.18. The molecule has 0 aliphatic rings. The third-order valence-electron chi connectivity index (χ3n) is 1.32. The van der Waals surface area contributed by atoms with E-state index in [0.29, 0.717) is 17.9 Å². The van der Waals surface area contributed by atoms with Crippen molar-refractivity contribution in [2.45, 2.75) is 20.3 Å². The summed E-state index contributed by atoms with van der Waals surface area (Å²) in [6.45, 7) is 6.61. The third kappa shape index (κ3) is 3.55. The number of carbonyl (C=O) groups is 1. The van der Waals surface area contributed by atoms with Crippen LogP contribution in [0, 0.1) is 0 Å². The summed E-state index contributed by atoms with van der Waals surface area (Å²) in [6, 6.07) is 0. The summed E-state index contributed by atoms with van der Waals surface area (Å²) in [5.41, 5.74) is 0.611. The molecule has 0 aromatic carbocycles. The first-order valence-corrected chi connectivity index (χ1v) is 3.31. The molecular formula is C8H13NO2. The predicted molar refractivity (Wildman–Crippen MR) is 44.6 cm³/mol. The first kappa shape index (κ1) is 9.88. The van der Waals surface area contributed by atoms with Gasteiger partial charge in [-0.3, -0.25) is 9.79 Å². The number of nitrogens with zero attached hydrogens (tertiary/aromatic N) is 1. The molecule has 0 saturated heterocycles. The fourth-order valence-electron chi connectivity index (χ4n) is 0.645. The van der Waals surface area contributed by atoms with Crippen LogP contribution in [0.5, 0.6) is 0 Å². The van der Waals surface area contributed by atoms with Crippen molar-refractivity contribution < 1.29 is 9.53 Å². The van der Waals surface area contributed by atoms with Gasteiger partial charge in [-0.2, -0.15) is 0 Å². The van der Waals surface area contributed by atoms with Gasteiger partial charge in [-0.15, -0.1) is 0 Å². The Bertz CT molecular complexity index is 194. The molecule has 0 amide bonds. The Morgan fingerprint density at radius 1 is 1.55 bits per heavy atom. The molecule has 0 rings (SSSR count). The zero-order chi connectivity index (χ0) is 8.85. The Kier molecular flexibility index (Phi) is 4.18. The molecular weight excluding hydrogens is 142 g/mol. The lowest BCUT2D eigenvalue weighted by molar-refractivity contribution is -0.116. The van der Waals surface area contributed by atoms with Crippen LogP contribution in [0.1, 0.15) is 20.3 Å². The highest BCUT2D eigenvalue weighted by molar-refractivity contribution is 5.78. The molecule has 0 radical (unpaired) electrons. The van der Waals surface area contributed by atoms with Crippen molar-refractivity contribution in [3.05, 3.63) is 11.5 Å². The van der Waals surface area contributed by atoms with Gasteiger partial charge in [0.2, 0.25) is 0 Å². The van der Waals surface area contributed by atoms with Crippen LogP contribution in [0.15, 0.2) is 16.4 Å². The summed E-state index contributed by atoms with van der Waals surface area (Å²) >= 11 is 0. The van der Waals surface area contributed by atoms with Gasteiger partial charge in [-0.25, -0.2) is 0 Å². The van der Waals surface area contributed by atoms with Gasteiger partial charge in [0.15, 0.2) is 0 Å². The van der Waals surface area contributed by atoms with E-state index in [0.717, 1.165) is 0 Å². The molecule has 0 aromatic heterocycles. The van der Waals surface area contributed by atoms with E-state index in [1.165, 1.54) is 6.92 Å². The van der Waals surface area contributed by atoms with Gasteiger partial charge >= 0.3 is 0 Å². The van der Waals surface area contributed by atoms with Crippen molar-refractivity contribution in [3.63, 3.8) is 0 Å². The molecule has 0 aliphatic carbocycles. The molecule has 0 heterocycles. The number of ether oxygens (including phenoxy) is 1. The van der Waals surface area contributed by atoms with Crippen LogP contribution in [0.25, 0.3) is 0 Å². The smallest absolute Gasteiger partial charge is 0.135 e. The van der Waals surface area contributed by atoms with E-state index in [1.807, 2.05) is 0 Å². The Labute approximate surface area is 66.8 Å². The number of aliphatic imine (C=N–C) groups is 1. The maximum atomic E-state index is 10.7. The first-order chi connectivity index (χ1) is 5.11. The van der Waals surface area contributed by atoms with Gasteiger partial charge in [0.25, 0.3) is 0 Å². The molecule has 11 heavy (non-hydrogen) atoms. The maximum absolute atomic E-state index is 10.7. The second-order valence-electron chi connectivity index (χ2n) is 2.24. The van der Waals surface area contributed by atoms with Crippen LogP contribution in [0.2, 0.25) is 0 Å². The summed E-state index contributed by atoms with van der Waals surface area (Å²) in [6.07, 6.45) is 0.295. The average Bonchev–Trinajstić information content (AvgIpc) is 1.98. The quantitative estimate of drug-likeness (QED) is 0.456. The van der Waals surface area contributed by atoms with Crippen molar-refractivity contribution in [3.8, 4) is 0 Å². The van der Waals surface area contributed by atoms with Crippen LogP contribution < -0.4 is 0 Å². The SMILES string of the molecule is C=N/C(CC(C)=O)=C(/C)OC. The Morgan fingerprint density at radius 2 is 2.09 bits per heavy atom. The van der Waals surface area contributed by atoms with Crippen LogP contribution in [0.4, 0.5) is 0 Å². The monoisotopic (exact) mass is 155 g/mol. The number of carbonyl (C=O) groups excluding carboxylic acids is 1. The summed E-state index contributed by atoms with van der Waals surface area (Å²) in [7, 11) is 1.54. The van der Waals surface area contributed by atoms with E-state index in [4.69, 9.17) is 4.74 Å². The number of hydrogen-bond acceptors (Lipinski definition) is 3. The lowest BCUT2D eigenvalue weighted by Crippen LogP contribution is -1.95. The Hall–Kier alpha value is -1.12. The second kappa shape index (κ2) is 4.66. The molecule has 0 aromatic rings.